The van der Waals surface area contributed by atoms with Crippen molar-refractivity contribution in [2.24, 2.45) is 0 Å². The molecule has 1 saturated carbocycles. The van der Waals surface area contributed by atoms with Crippen molar-refractivity contribution in [3.05, 3.63) is 35.4 Å². The lowest BCUT2D eigenvalue weighted by atomic mass is 9.83. The van der Waals surface area contributed by atoms with E-state index >= 15 is 0 Å². The molecule has 0 bridgehead atoms. The molecular formula is C15H22O. The van der Waals surface area contributed by atoms with Crippen molar-refractivity contribution in [2.75, 3.05) is 6.61 Å². The fourth-order valence-corrected chi connectivity index (χ4v) is 2.64. The van der Waals surface area contributed by atoms with Gasteiger partial charge in [0, 0.05) is 12.5 Å². The summed E-state index contributed by atoms with van der Waals surface area (Å²) < 4.78 is 0. The Labute approximate surface area is 98.5 Å². The maximum Gasteiger partial charge on any atom is 0.0497 e. The van der Waals surface area contributed by atoms with Crippen LogP contribution >= 0.6 is 0 Å². The molecule has 0 radical (unpaired) electrons. The molecule has 1 fully saturated rings. The maximum atomic E-state index is 9.11. The first kappa shape index (κ1) is 11.7. The van der Waals surface area contributed by atoms with E-state index in [4.69, 9.17) is 5.11 Å². The summed E-state index contributed by atoms with van der Waals surface area (Å²) >= 11 is 0. The highest BCUT2D eigenvalue weighted by Crippen LogP contribution is 2.33. The summed E-state index contributed by atoms with van der Waals surface area (Å²) in [4.78, 5) is 0. The molecule has 1 N–H and O–H groups in total. The zero-order valence-electron chi connectivity index (χ0n) is 10.2. The highest BCUT2D eigenvalue weighted by atomic mass is 16.3. The van der Waals surface area contributed by atoms with Gasteiger partial charge in [0.25, 0.3) is 0 Å². The van der Waals surface area contributed by atoms with Gasteiger partial charge in [-0.05, 0) is 29.9 Å². The molecule has 0 aliphatic heterocycles. The van der Waals surface area contributed by atoms with Crippen LogP contribution in [0.4, 0.5) is 0 Å². The molecule has 2 rings (SSSR count). The first-order valence-electron chi connectivity index (χ1n) is 6.52. The number of benzene rings is 1. The topological polar surface area (TPSA) is 20.2 Å². The number of hydrogen-bond donors (Lipinski definition) is 1. The van der Waals surface area contributed by atoms with Crippen LogP contribution in [0.15, 0.2) is 24.3 Å². The van der Waals surface area contributed by atoms with Gasteiger partial charge in [-0.1, -0.05) is 50.5 Å². The molecule has 16 heavy (non-hydrogen) atoms. The van der Waals surface area contributed by atoms with Crippen LogP contribution in [0.25, 0.3) is 0 Å². The predicted octanol–water partition coefficient (Wildman–Crippen LogP) is 3.83. The highest BCUT2D eigenvalue weighted by Gasteiger charge is 2.15. The van der Waals surface area contributed by atoms with Crippen molar-refractivity contribution in [1.29, 1.82) is 0 Å². The van der Waals surface area contributed by atoms with Gasteiger partial charge in [-0.15, -0.1) is 0 Å². The Bertz CT molecular complexity index is 309. The summed E-state index contributed by atoms with van der Waals surface area (Å²) in [6.45, 7) is 2.30. The van der Waals surface area contributed by atoms with E-state index < -0.39 is 0 Å². The summed E-state index contributed by atoms with van der Waals surface area (Å²) in [6.07, 6.45) is 6.90. The van der Waals surface area contributed by atoms with Gasteiger partial charge < -0.3 is 5.11 Å². The van der Waals surface area contributed by atoms with E-state index in [9.17, 15) is 0 Å². The minimum atomic E-state index is 0.239. The predicted molar refractivity (Wildman–Crippen MR) is 67.8 cm³/mol. The molecule has 0 amide bonds. The van der Waals surface area contributed by atoms with Gasteiger partial charge >= 0.3 is 0 Å². The van der Waals surface area contributed by atoms with Crippen LogP contribution in [0.3, 0.4) is 0 Å². The minimum Gasteiger partial charge on any atom is -0.396 e. The molecule has 0 aromatic heterocycles. The van der Waals surface area contributed by atoms with Crippen LogP contribution in [0.5, 0.6) is 0 Å². The second-order valence-electron chi connectivity index (χ2n) is 5.09. The Morgan fingerprint density at radius 2 is 1.75 bits per heavy atom. The average Bonchev–Trinajstić information content (AvgIpc) is 2.39. The molecular weight excluding hydrogens is 196 g/mol. The van der Waals surface area contributed by atoms with Crippen molar-refractivity contribution in [3.8, 4) is 0 Å². The van der Waals surface area contributed by atoms with Crippen LogP contribution in [-0.2, 0) is 0 Å². The van der Waals surface area contributed by atoms with Gasteiger partial charge in [0.2, 0.25) is 0 Å². The fourth-order valence-electron chi connectivity index (χ4n) is 2.64. The molecule has 1 aromatic rings. The quantitative estimate of drug-likeness (QED) is 0.817. The molecule has 1 atom stereocenters. The van der Waals surface area contributed by atoms with Gasteiger partial charge in [0.05, 0.1) is 0 Å². The third kappa shape index (κ3) is 2.65. The zero-order chi connectivity index (χ0) is 11.4. The third-order valence-corrected chi connectivity index (χ3v) is 3.86. The number of aliphatic hydroxyl groups is 1. The van der Waals surface area contributed by atoms with Gasteiger partial charge in [-0.2, -0.15) is 0 Å². The van der Waals surface area contributed by atoms with Gasteiger partial charge in [-0.25, -0.2) is 0 Å². The number of hydrogen-bond acceptors (Lipinski definition) is 1. The van der Waals surface area contributed by atoms with Crippen molar-refractivity contribution >= 4 is 0 Å². The van der Waals surface area contributed by atoms with Crippen molar-refractivity contribution in [2.45, 2.75) is 50.9 Å². The zero-order valence-corrected chi connectivity index (χ0v) is 10.2. The minimum absolute atomic E-state index is 0.239. The second-order valence-corrected chi connectivity index (χ2v) is 5.09. The Kier molecular flexibility index (Phi) is 4.00. The lowest BCUT2D eigenvalue weighted by Crippen LogP contribution is -2.05. The second kappa shape index (κ2) is 5.49. The molecule has 1 aliphatic carbocycles. The Hall–Kier alpha value is -0.820. The first-order valence-corrected chi connectivity index (χ1v) is 6.52. The van der Waals surface area contributed by atoms with Crippen LogP contribution in [0.2, 0.25) is 0 Å². The molecule has 1 unspecified atom stereocenters. The third-order valence-electron chi connectivity index (χ3n) is 3.86. The maximum absolute atomic E-state index is 9.11. The Morgan fingerprint density at radius 1 is 1.12 bits per heavy atom. The summed E-state index contributed by atoms with van der Waals surface area (Å²) in [5.74, 6) is 1.05. The van der Waals surface area contributed by atoms with E-state index in [1.807, 2.05) is 0 Å². The SMILES string of the molecule is CC(CO)c1ccc(C2CCCCC2)cc1. The fraction of sp³-hybridized carbons (Fsp3) is 0.600. The number of rotatable bonds is 3. The van der Waals surface area contributed by atoms with E-state index in [0.29, 0.717) is 0 Å². The monoisotopic (exact) mass is 218 g/mol. The van der Waals surface area contributed by atoms with Crippen LogP contribution in [-0.4, -0.2) is 11.7 Å². The van der Waals surface area contributed by atoms with Gasteiger partial charge in [-0.3, -0.25) is 0 Å². The molecule has 1 aromatic carbocycles. The average molecular weight is 218 g/mol. The smallest absolute Gasteiger partial charge is 0.0497 e. The Morgan fingerprint density at radius 3 is 2.31 bits per heavy atom. The van der Waals surface area contributed by atoms with E-state index in [1.165, 1.54) is 43.2 Å². The summed E-state index contributed by atoms with van der Waals surface area (Å²) in [7, 11) is 0. The normalized spacial score (nSPS) is 19.6. The molecule has 0 saturated heterocycles. The molecule has 88 valence electrons. The standard InChI is InChI=1S/C15H22O/c1-12(11-16)13-7-9-15(10-8-13)14-5-3-2-4-6-14/h7-10,12,14,16H,2-6,11H2,1H3. The van der Waals surface area contributed by atoms with Crippen LogP contribution in [0.1, 0.15) is 62.0 Å². The first-order chi connectivity index (χ1) is 7.81. The van der Waals surface area contributed by atoms with Crippen molar-refractivity contribution in [3.63, 3.8) is 0 Å². The van der Waals surface area contributed by atoms with Crippen molar-refractivity contribution < 1.29 is 5.11 Å². The largest absolute Gasteiger partial charge is 0.396 e. The van der Waals surface area contributed by atoms with E-state index in [-0.39, 0.29) is 12.5 Å². The molecule has 1 nitrogen and oxygen atoms in total. The molecule has 0 heterocycles. The lowest BCUT2D eigenvalue weighted by Gasteiger charge is -2.22. The van der Waals surface area contributed by atoms with E-state index in [0.717, 1.165) is 5.92 Å². The van der Waals surface area contributed by atoms with Crippen molar-refractivity contribution in [1.82, 2.24) is 0 Å². The lowest BCUT2D eigenvalue weighted by molar-refractivity contribution is 0.273. The summed E-state index contributed by atoms with van der Waals surface area (Å²) in [6, 6.07) is 8.89. The molecule has 1 heteroatoms. The van der Waals surface area contributed by atoms with E-state index in [1.54, 1.807) is 0 Å². The van der Waals surface area contributed by atoms with Gasteiger partial charge in [0.15, 0.2) is 0 Å². The van der Waals surface area contributed by atoms with E-state index in [2.05, 4.69) is 31.2 Å². The highest BCUT2D eigenvalue weighted by molar-refractivity contribution is 5.27. The molecule has 1 aliphatic rings. The summed E-state index contributed by atoms with van der Waals surface area (Å²) in [5.41, 5.74) is 2.75. The van der Waals surface area contributed by atoms with Crippen LogP contribution in [0, 0.1) is 0 Å². The van der Waals surface area contributed by atoms with Crippen LogP contribution < -0.4 is 0 Å². The van der Waals surface area contributed by atoms with Gasteiger partial charge in [0.1, 0.15) is 0 Å². The molecule has 0 spiro atoms. The summed E-state index contributed by atoms with van der Waals surface area (Å²) in [5, 5.41) is 9.11. The number of aliphatic hydroxyl groups excluding tert-OH is 1. The Balaban J connectivity index is 2.06.